The highest BCUT2D eigenvalue weighted by Gasteiger charge is 2.25. The molecule has 4 aromatic rings. The number of piperazine rings is 1. The number of nitrogens with zero attached hydrogens (tertiary/aromatic N) is 3. The van der Waals surface area contributed by atoms with E-state index < -0.39 is 0 Å². The predicted molar refractivity (Wildman–Crippen MR) is 146 cm³/mol. The number of aryl methyl sites for hydroxylation is 3. The molecule has 4 nitrogen and oxygen atoms in total. The van der Waals surface area contributed by atoms with Gasteiger partial charge < -0.3 is 14.4 Å². The van der Waals surface area contributed by atoms with Crippen LogP contribution in [0.3, 0.4) is 0 Å². The van der Waals surface area contributed by atoms with E-state index in [-0.39, 0.29) is 11.4 Å². The second kappa shape index (κ2) is 9.43. The molecule has 1 aliphatic rings. The molecular weight excluding hydrogens is 454 g/mol. The minimum absolute atomic E-state index is 0.0998. The van der Waals surface area contributed by atoms with Gasteiger partial charge in [-0.2, -0.15) is 0 Å². The third kappa shape index (κ3) is 4.32. The Labute approximate surface area is 212 Å². The van der Waals surface area contributed by atoms with Crippen molar-refractivity contribution in [3.05, 3.63) is 100 Å². The summed E-state index contributed by atoms with van der Waals surface area (Å²) in [5.74, 6) is 0.0998. The number of fused-ring (bicyclic) bond motifs is 1. The molecule has 180 valence electrons. The Hall–Kier alpha value is -3.24. The minimum atomic E-state index is -0.299. The number of aromatic nitrogens is 1. The van der Waals surface area contributed by atoms with Crippen LogP contribution in [0.5, 0.6) is 0 Å². The Kier molecular flexibility index (Phi) is 6.33. The smallest absolute Gasteiger partial charge is 0.253 e. The zero-order valence-electron chi connectivity index (χ0n) is 20.9. The van der Waals surface area contributed by atoms with Gasteiger partial charge >= 0.3 is 0 Å². The van der Waals surface area contributed by atoms with Crippen LogP contribution in [0.25, 0.3) is 10.9 Å². The van der Waals surface area contributed by atoms with Gasteiger partial charge in [-0.3, -0.25) is 4.79 Å². The standard InChI is InChI=1S/C30H32ClN3O/c1-20-10-11-21(2)28(18-20)32-14-16-33(17-15-32)30(35)25-12-13-27-26(19-25)22(3)23(4)34(27)29(31)24-8-6-5-7-9-24/h5-13,18-19,29H,14-17H2,1-4H3. The van der Waals surface area contributed by atoms with E-state index in [1.165, 1.54) is 16.8 Å². The second-order valence-corrected chi connectivity index (χ2v) is 10.0. The van der Waals surface area contributed by atoms with Gasteiger partial charge in [0.2, 0.25) is 0 Å². The summed E-state index contributed by atoms with van der Waals surface area (Å²) in [6, 6.07) is 22.7. The van der Waals surface area contributed by atoms with Crippen molar-refractivity contribution in [2.24, 2.45) is 0 Å². The first-order valence-corrected chi connectivity index (χ1v) is 12.7. The molecule has 2 heterocycles. The molecule has 5 heteroatoms. The van der Waals surface area contributed by atoms with Crippen LogP contribution >= 0.6 is 11.6 Å². The molecular formula is C30H32ClN3O. The number of hydrogen-bond acceptors (Lipinski definition) is 2. The first kappa shape index (κ1) is 23.5. The second-order valence-electron chi connectivity index (χ2n) is 9.63. The van der Waals surface area contributed by atoms with Crippen molar-refractivity contribution < 1.29 is 4.79 Å². The zero-order chi connectivity index (χ0) is 24.7. The normalized spacial score (nSPS) is 15.0. The van der Waals surface area contributed by atoms with Crippen molar-refractivity contribution in [3.63, 3.8) is 0 Å². The van der Waals surface area contributed by atoms with E-state index in [0.717, 1.165) is 59.5 Å². The summed E-state index contributed by atoms with van der Waals surface area (Å²) >= 11 is 6.92. The van der Waals surface area contributed by atoms with Crippen LogP contribution in [0.1, 0.15) is 43.8 Å². The first-order chi connectivity index (χ1) is 16.8. The Morgan fingerprint density at radius 2 is 1.57 bits per heavy atom. The third-order valence-electron chi connectivity index (χ3n) is 7.38. The van der Waals surface area contributed by atoms with Crippen LogP contribution in [0.4, 0.5) is 5.69 Å². The van der Waals surface area contributed by atoms with Gasteiger partial charge in [0.1, 0.15) is 5.50 Å². The Morgan fingerprint density at radius 1 is 0.857 bits per heavy atom. The van der Waals surface area contributed by atoms with Crippen molar-refractivity contribution >= 4 is 34.1 Å². The fourth-order valence-corrected chi connectivity index (χ4v) is 5.58. The molecule has 0 radical (unpaired) electrons. The predicted octanol–water partition coefficient (Wildman–Crippen LogP) is 6.62. The molecule has 1 atom stereocenters. The average Bonchev–Trinajstić information content (AvgIpc) is 3.14. The van der Waals surface area contributed by atoms with E-state index in [1.54, 1.807) is 0 Å². The number of amides is 1. The number of carbonyl (C=O) groups is 1. The molecule has 1 unspecified atom stereocenters. The number of hydrogen-bond donors (Lipinski definition) is 0. The summed E-state index contributed by atoms with van der Waals surface area (Å²) in [6.45, 7) is 11.6. The Balaban J connectivity index is 1.38. The molecule has 0 saturated carbocycles. The number of carbonyl (C=O) groups excluding carboxylic acids is 1. The Bertz CT molecular complexity index is 1380. The van der Waals surface area contributed by atoms with Crippen molar-refractivity contribution in [2.45, 2.75) is 33.2 Å². The summed E-state index contributed by atoms with van der Waals surface area (Å²) in [7, 11) is 0. The molecule has 0 N–H and O–H groups in total. The molecule has 5 rings (SSSR count). The largest absolute Gasteiger partial charge is 0.368 e. The highest BCUT2D eigenvalue weighted by molar-refractivity contribution is 6.21. The molecule has 0 bridgehead atoms. The SMILES string of the molecule is Cc1ccc(C)c(N2CCN(C(=O)c3ccc4c(c3)c(C)c(C)n4C(Cl)c3ccccc3)CC2)c1. The fourth-order valence-electron chi connectivity index (χ4n) is 5.18. The molecule has 3 aromatic carbocycles. The first-order valence-electron chi connectivity index (χ1n) is 12.3. The lowest BCUT2D eigenvalue weighted by Crippen LogP contribution is -2.49. The molecule has 1 aliphatic heterocycles. The number of rotatable bonds is 4. The Morgan fingerprint density at radius 3 is 2.29 bits per heavy atom. The van der Waals surface area contributed by atoms with Gasteiger partial charge in [-0.1, -0.05) is 54.1 Å². The van der Waals surface area contributed by atoms with E-state index in [2.05, 4.69) is 55.4 Å². The molecule has 35 heavy (non-hydrogen) atoms. The van der Waals surface area contributed by atoms with Crippen molar-refractivity contribution in [1.29, 1.82) is 0 Å². The molecule has 1 amide bonds. The van der Waals surface area contributed by atoms with Gasteiger partial charge in [0, 0.05) is 48.5 Å². The van der Waals surface area contributed by atoms with Crippen LogP contribution < -0.4 is 4.90 Å². The van der Waals surface area contributed by atoms with Crippen LogP contribution in [0, 0.1) is 27.7 Å². The maximum atomic E-state index is 13.4. The molecule has 1 saturated heterocycles. The van der Waals surface area contributed by atoms with Gasteiger partial charge in [0.05, 0.1) is 5.52 Å². The lowest BCUT2D eigenvalue weighted by molar-refractivity contribution is 0.0747. The summed E-state index contributed by atoms with van der Waals surface area (Å²) in [6.07, 6.45) is 0. The van der Waals surface area contributed by atoms with Crippen molar-refractivity contribution in [2.75, 3.05) is 31.1 Å². The van der Waals surface area contributed by atoms with Gasteiger partial charge in [0.15, 0.2) is 0 Å². The highest BCUT2D eigenvalue weighted by Crippen LogP contribution is 2.34. The monoisotopic (exact) mass is 485 g/mol. The summed E-state index contributed by atoms with van der Waals surface area (Å²) < 4.78 is 2.17. The molecule has 0 spiro atoms. The number of benzene rings is 3. The van der Waals surface area contributed by atoms with Crippen molar-refractivity contribution in [1.82, 2.24) is 9.47 Å². The van der Waals surface area contributed by atoms with Crippen molar-refractivity contribution in [3.8, 4) is 0 Å². The van der Waals surface area contributed by atoms with E-state index >= 15 is 0 Å². The molecule has 1 aromatic heterocycles. The van der Waals surface area contributed by atoms with Crippen LogP contribution in [-0.4, -0.2) is 41.6 Å². The van der Waals surface area contributed by atoms with E-state index in [9.17, 15) is 4.79 Å². The molecule has 0 aliphatic carbocycles. The van der Waals surface area contributed by atoms with Crippen LogP contribution in [0.15, 0.2) is 66.7 Å². The number of alkyl halides is 1. The van der Waals surface area contributed by atoms with E-state index in [1.807, 2.05) is 53.4 Å². The maximum Gasteiger partial charge on any atom is 0.253 e. The van der Waals surface area contributed by atoms with E-state index in [4.69, 9.17) is 11.6 Å². The summed E-state index contributed by atoms with van der Waals surface area (Å²) in [4.78, 5) is 17.8. The van der Waals surface area contributed by atoms with Crippen LogP contribution in [-0.2, 0) is 0 Å². The minimum Gasteiger partial charge on any atom is -0.368 e. The fraction of sp³-hybridized carbons (Fsp3) is 0.300. The topological polar surface area (TPSA) is 28.5 Å². The van der Waals surface area contributed by atoms with E-state index in [0.29, 0.717) is 0 Å². The third-order valence-corrected chi connectivity index (χ3v) is 7.83. The molecule has 1 fully saturated rings. The lowest BCUT2D eigenvalue weighted by Gasteiger charge is -2.37. The van der Waals surface area contributed by atoms with Crippen LogP contribution in [0.2, 0.25) is 0 Å². The van der Waals surface area contributed by atoms with Gasteiger partial charge in [-0.15, -0.1) is 0 Å². The lowest BCUT2D eigenvalue weighted by atomic mass is 10.1. The number of anilines is 1. The summed E-state index contributed by atoms with van der Waals surface area (Å²) in [5.41, 5.74) is 8.66. The van der Waals surface area contributed by atoms with Gasteiger partial charge in [-0.05, 0) is 74.2 Å². The highest BCUT2D eigenvalue weighted by atomic mass is 35.5. The van der Waals surface area contributed by atoms with Gasteiger partial charge in [0.25, 0.3) is 5.91 Å². The summed E-state index contributed by atoms with van der Waals surface area (Å²) in [5, 5.41) is 1.09. The quantitative estimate of drug-likeness (QED) is 0.304. The number of halogens is 1. The zero-order valence-corrected chi connectivity index (χ0v) is 21.6. The maximum absolute atomic E-state index is 13.4. The average molecular weight is 486 g/mol. The van der Waals surface area contributed by atoms with Gasteiger partial charge in [-0.25, -0.2) is 0 Å².